The van der Waals surface area contributed by atoms with Gasteiger partial charge in [-0.1, -0.05) is 19.8 Å². The number of hydrogen-bond acceptors (Lipinski definition) is 2. The van der Waals surface area contributed by atoms with Gasteiger partial charge in [-0.2, -0.15) is 11.8 Å². The molecule has 94 valence electrons. The van der Waals surface area contributed by atoms with Crippen molar-refractivity contribution in [2.75, 3.05) is 11.5 Å². The summed E-state index contributed by atoms with van der Waals surface area (Å²) in [6.07, 6.45) is 11.5. The van der Waals surface area contributed by atoms with Crippen LogP contribution < -0.4 is 5.32 Å². The van der Waals surface area contributed by atoms with E-state index in [0.29, 0.717) is 0 Å². The highest BCUT2D eigenvalue weighted by atomic mass is 32.2. The Hall–Kier alpha value is 0.310. The normalized spacial score (nSPS) is 32.8. The van der Waals surface area contributed by atoms with Crippen molar-refractivity contribution in [1.29, 1.82) is 0 Å². The molecule has 0 unspecified atom stereocenters. The van der Waals surface area contributed by atoms with E-state index < -0.39 is 0 Å². The topological polar surface area (TPSA) is 12.0 Å². The van der Waals surface area contributed by atoms with E-state index >= 15 is 0 Å². The summed E-state index contributed by atoms with van der Waals surface area (Å²) in [5.41, 5.74) is 0. The van der Waals surface area contributed by atoms with Crippen molar-refractivity contribution in [3.8, 4) is 0 Å². The van der Waals surface area contributed by atoms with Crippen LogP contribution >= 0.6 is 11.8 Å². The Morgan fingerprint density at radius 2 is 1.56 bits per heavy atom. The number of nitrogens with one attached hydrogen (secondary N) is 1. The summed E-state index contributed by atoms with van der Waals surface area (Å²) in [7, 11) is 0. The third kappa shape index (κ3) is 3.96. The zero-order chi connectivity index (χ0) is 11.2. The van der Waals surface area contributed by atoms with E-state index in [4.69, 9.17) is 0 Å². The van der Waals surface area contributed by atoms with Crippen LogP contribution in [0.3, 0.4) is 0 Å². The molecule has 0 bridgehead atoms. The summed E-state index contributed by atoms with van der Waals surface area (Å²) in [4.78, 5) is 0. The Bertz CT molecular complexity index is 181. The second-order valence-corrected chi connectivity index (χ2v) is 6.78. The average molecular weight is 241 g/mol. The maximum Gasteiger partial charge on any atom is 0.00853 e. The fraction of sp³-hybridized carbons (Fsp3) is 1.00. The molecule has 0 aromatic carbocycles. The largest absolute Gasteiger partial charge is 0.311 e. The van der Waals surface area contributed by atoms with Gasteiger partial charge >= 0.3 is 0 Å². The summed E-state index contributed by atoms with van der Waals surface area (Å²) < 4.78 is 0. The molecule has 2 heteroatoms. The van der Waals surface area contributed by atoms with Gasteiger partial charge in [0.1, 0.15) is 0 Å². The van der Waals surface area contributed by atoms with E-state index in [9.17, 15) is 0 Å². The molecule has 0 atom stereocenters. The minimum Gasteiger partial charge on any atom is -0.311 e. The molecule has 1 saturated carbocycles. The Morgan fingerprint density at radius 1 is 0.938 bits per heavy atom. The maximum atomic E-state index is 3.91. The lowest BCUT2D eigenvalue weighted by Gasteiger charge is -2.33. The predicted molar refractivity (Wildman–Crippen MR) is 74.1 cm³/mol. The summed E-state index contributed by atoms with van der Waals surface area (Å²) in [5.74, 6) is 3.80. The monoisotopic (exact) mass is 241 g/mol. The highest BCUT2D eigenvalue weighted by molar-refractivity contribution is 7.99. The molecule has 0 aromatic rings. The molecule has 1 heterocycles. The number of hydrogen-bond donors (Lipinski definition) is 1. The lowest BCUT2D eigenvalue weighted by molar-refractivity contribution is 0.258. The van der Waals surface area contributed by atoms with Crippen molar-refractivity contribution >= 4 is 11.8 Å². The molecule has 2 aliphatic rings. The molecule has 0 amide bonds. The van der Waals surface area contributed by atoms with E-state index in [1.807, 2.05) is 0 Å². The summed E-state index contributed by atoms with van der Waals surface area (Å²) in [6, 6.07) is 1.69. The third-order valence-corrected chi connectivity index (χ3v) is 5.29. The van der Waals surface area contributed by atoms with E-state index in [1.165, 1.54) is 62.9 Å². The first kappa shape index (κ1) is 12.8. The summed E-state index contributed by atoms with van der Waals surface area (Å²) >= 11 is 2.13. The average Bonchev–Trinajstić information content (AvgIpc) is 2.33. The predicted octanol–water partition coefficient (Wildman–Crippen LogP) is 3.83. The minimum atomic E-state index is 0.842. The van der Waals surface area contributed by atoms with Gasteiger partial charge in [0.15, 0.2) is 0 Å². The van der Waals surface area contributed by atoms with Crippen molar-refractivity contribution < 1.29 is 0 Å². The zero-order valence-corrected chi connectivity index (χ0v) is 11.5. The fourth-order valence-corrected chi connectivity index (χ4v) is 4.33. The quantitative estimate of drug-likeness (QED) is 0.803. The van der Waals surface area contributed by atoms with Gasteiger partial charge in [-0.25, -0.2) is 0 Å². The third-order valence-electron chi connectivity index (χ3n) is 4.24. The van der Waals surface area contributed by atoms with E-state index in [2.05, 4.69) is 24.0 Å². The van der Waals surface area contributed by atoms with Crippen LogP contribution in [0.25, 0.3) is 0 Å². The standard InChI is InChI=1S/C14H27NS/c1-2-3-12-4-6-13(7-5-12)15-14-8-10-16-11-9-14/h12-15H,2-11H2,1H3. The van der Waals surface area contributed by atoms with Crippen LogP contribution in [-0.2, 0) is 0 Å². The first-order valence-corrected chi connectivity index (χ1v) is 8.37. The first-order chi connectivity index (χ1) is 7.88. The lowest BCUT2D eigenvalue weighted by atomic mass is 9.83. The highest BCUT2D eigenvalue weighted by Crippen LogP contribution is 2.28. The molecule has 2 fully saturated rings. The molecule has 0 radical (unpaired) electrons. The summed E-state index contributed by atoms with van der Waals surface area (Å²) in [5, 5.41) is 3.91. The molecule has 0 spiro atoms. The molecule has 1 aliphatic heterocycles. The Morgan fingerprint density at radius 3 is 2.19 bits per heavy atom. The SMILES string of the molecule is CCCC1CCC(NC2CCSCC2)CC1. The fourth-order valence-electron chi connectivity index (χ4n) is 3.22. The van der Waals surface area contributed by atoms with Crippen LogP contribution in [-0.4, -0.2) is 23.6 Å². The molecule has 1 nitrogen and oxygen atoms in total. The van der Waals surface area contributed by atoms with Gasteiger partial charge in [-0.15, -0.1) is 0 Å². The molecule has 16 heavy (non-hydrogen) atoms. The van der Waals surface area contributed by atoms with E-state index in [1.54, 1.807) is 0 Å². The van der Waals surface area contributed by atoms with Gasteiger partial charge in [-0.05, 0) is 55.9 Å². The Balaban J connectivity index is 1.64. The molecular weight excluding hydrogens is 214 g/mol. The van der Waals surface area contributed by atoms with Gasteiger partial charge in [0, 0.05) is 12.1 Å². The Labute approximate surface area is 105 Å². The number of thioether (sulfide) groups is 1. The Kier molecular flexibility index (Phi) is 5.51. The van der Waals surface area contributed by atoms with Gasteiger partial charge in [-0.3, -0.25) is 0 Å². The van der Waals surface area contributed by atoms with Crippen molar-refractivity contribution in [1.82, 2.24) is 5.32 Å². The van der Waals surface area contributed by atoms with Gasteiger partial charge in [0.25, 0.3) is 0 Å². The van der Waals surface area contributed by atoms with Gasteiger partial charge in [0.2, 0.25) is 0 Å². The van der Waals surface area contributed by atoms with Crippen molar-refractivity contribution in [3.05, 3.63) is 0 Å². The van der Waals surface area contributed by atoms with Gasteiger partial charge < -0.3 is 5.32 Å². The second kappa shape index (κ2) is 6.90. The van der Waals surface area contributed by atoms with Crippen LogP contribution in [0.4, 0.5) is 0 Å². The molecule has 2 rings (SSSR count). The van der Waals surface area contributed by atoms with Crippen LogP contribution in [0.15, 0.2) is 0 Å². The molecule has 1 saturated heterocycles. The molecule has 0 aromatic heterocycles. The zero-order valence-electron chi connectivity index (χ0n) is 10.7. The molecular formula is C14H27NS. The van der Waals surface area contributed by atoms with Crippen LogP contribution in [0.1, 0.15) is 58.3 Å². The lowest BCUT2D eigenvalue weighted by Crippen LogP contribution is -2.42. The van der Waals surface area contributed by atoms with E-state index in [-0.39, 0.29) is 0 Å². The van der Waals surface area contributed by atoms with Crippen LogP contribution in [0.2, 0.25) is 0 Å². The smallest absolute Gasteiger partial charge is 0.00853 e. The van der Waals surface area contributed by atoms with Crippen molar-refractivity contribution in [2.45, 2.75) is 70.4 Å². The summed E-state index contributed by atoms with van der Waals surface area (Å²) in [6.45, 7) is 2.32. The second-order valence-electron chi connectivity index (χ2n) is 5.56. The minimum absolute atomic E-state index is 0.842. The highest BCUT2D eigenvalue weighted by Gasteiger charge is 2.23. The van der Waals surface area contributed by atoms with E-state index in [0.717, 1.165) is 18.0 Å². The van der Waals surface area contributed by atoms with Crippen LogP contribution in [0.5, 0.6) is 0 Å². The number of rotatable bonds is 4. The van der Waals surface area contributed by atoms with Crippen molar-refractivity contribution in [3.63, 3.8) is 0 Å². The molecule has 1 N–H and O–H groups in total. The maximum absolute atomic E-state index is 3.91. The first-order valence-electron chi connectivity index (χ1n) is 7.22. The van der Waals surface area contributed by atoms with Crippen LogP contribution in [0, 0.1) is 5.92 Å². The van der Waals surface area contributed by atoms with Gasteiger partial charge in [0.05, 0.1) is 0 Å². The van der Waals surface area contributed by atoms with Crippen molar-refractivity contribution in [2.24, 2.45) is 5.92 Å². The molecule has 1 aliphatic carbocycles.